The minimum atomic E-state index is 0. The lowest BCUT2D eigenvalue weighted by Gasteiger charge is -2.27. The molecule has 0 radical (unpaired) electrons. The Hall–Kier alpha value is -0.650. The number of nitrogens with zero attached hydrogens (tertiary/aromatic N) is 2. The first kappa shape index (κ1) is 13.4. The van der Waals surface area contributed by atoms with Crippen molar-refractivity contribution >= 4 is 29.7 Å². The summed E-state index contributed by atoms with van der Waals surface area (Å²) in [6.07, 6.45) is 0.830. The topological polar surface area (TPSA) is 45.2 Å². The molecule has 1 aliphatic heterocycles. The van der Waals surface area contributed by atoms with E-state index in [0.29, 0.717) is 0 Å². The van der Waals surface area contributed by atoms with Gasteiger partial charge in [0.1, 0.15) is 4.88 Å². The summed E-state index contributed by atoms with van der Waals surface area (Å²) in [7, 11) is 0. The van der Waals surface area contributed by atoms with Crippen LogP contribution in [0.2, 0.25) is 0 Å². The fourth-order valence-electron chi connectivity index (χ4n) is 1.71. The van der Waals surface area contributed by atoms with Crippen LogP contribution < -0.4 is 5.32 Å². The number of aryl methyl sites for hydroxylation is 1. The Bertz CT molecular complexity index is 350. The first-order valence-corrected chi connectivity index (χ1v) is 6.13. The molecule has 1 amide bonds. The first-order valence-electron chi connectivity index (χ1n) is 5.25. The average Bonchev–Trinajstić information content (AvgIpc) is 2.77. The summed E-state index contributed by atoms with van der Waals surface area (Å²) in [5.74, 6) is 0.149. The summed E-state index contributed by atoms with van der Waals surface area (Å²) >= 11 is 1.45. The first-order chi connectivity index (χ1) is 7.33. The molecule has 1 N–H and O–H groups in total. The highest BCUT2D eigenvalue weighted by atomic mass is 35.5. The van der Waals surface area contributed by atoms with Gasteiger partial charge in [-0.1, -0.05) is 6.92 Å². The highest BCUT2D eigenvalue weighted by Crippen LogP contribution is 2.16. The molecule has 0 spiro atoms. The molecular formula is C10H16ClN3OS. The summed E-state index contributed by atoms with van der Waals surface area (Å²) in [6, 6.07) is 0. The molecule has 0 aromatic carbocycles. The van der Waals surface area contributed by atoms with Crippen LogP contribution in [0.4, 0.5) is 0 Å². The Morgan fingerprint density at radius 1 is 1.56 bits per heavy atom. The van der Waals surface area contributed by atoms with Gasteiger partial charge in [-0.05, 0) is 6.42 Å². The van der Waals surface area contributed by atoms with Crippen molar-refractivity contribution in [2.24, 2.45) is 0 Å². The number of carbonyl (C=O) groups is 1. The van der Waals surface area contributed by atoms with E-state index in [-0.39, 0.29) is 18.3 Å². The SMILES string of the molecule is CCc1ncsc1C(=O)N1CCNCC1.Cl. The van der Waals surface area contributed by atoms with E-state index in [9.17, 15) is 4.79 Å². The van der Waals surface area contributed by atoms with E-state index in [2.05, 4.69) is 10.3 Å². The van der Waals surface area contributed by atoms with Gasteiger partial charge in [0.15, 0.2) is 0 Å². The van der Waals surface area contributed by atoms with Crippen LogP contribution in [-0.4, -0.2) is 42.0 Å². The quantitative estimate of drug-likeness (QED) is 0.869. The van der Waals surface area contributed by atoms with Crippen molar-refractivity contribution in [2.45, 2.75) is 13.3 Å². The standard InChI is InChI=1S/C10H15N3OS.ClH/c1-2-8-9(15-7-12-8)10(14)13-5-3-11-4-6-13;/h7,11H,2-6H2,1H3;1H. The molecule has 0 bridgehead atoms. The number of nitrogens with one attached hydrogen (secondary N) is 1. The molecular weight excluding hydrogens is 246 g/mol. The maximum absolute atomic E-state index is 12.1. The van der Waals surface area contributed by atoms with Gasteiger partial charge in [-0.15, -0.1) is 23.7 Å². The number of thiazole rings is 1. The van der Waals surface area contributed by atoms with Crippen molar-refractivity contribution in [3.8, 4) is 0 Å². The van der Waals surface area contributed by atoms with Gasteiger partial charge in [0.2, 0.25) is 0 Å². The largest absolute Gasteiger partial charge is 0.335 e. The monoisotopic (exact) mass is 261 g/mol. The molecule has 1 aromatic rings. The number of piperazine rings is 1. The average molecular weight is 262 g/mol. The molecule has 90 valence electrons. The van der Waals surface area contributed by atoms with Gasteiger partial charge in [0.25, 0.3) is 5.91 Å². The molecule has 0 atom stereocenters. The van der Waals surface area contributed by atoms with Gasteiger partial charge in [0.05, 0.1) is 11.2 Å². The van der Waals surface area contributed by atoms with E-state index in [1.54, 1.807) is 5.51 Å². The maximum Gasteiger partial charge on any atom is 0.265 e. The van der Waals surface area contributed by atoms with Crippen molar-refractivity contribution in [1.82, 2.24) is 15.2 Å². The van der Waals surface area contributed by atoms with Crippen molar-refractivity contribution in [2.75, 3.05) is 26.2 Å². The van der Waals surface area contributed by atoms with Crippen LogP contribution in [-0.2, 0) is 6.42 Å². The van der Waals surface area contributed by atoms with E-state index >= 15 is 0 Å². The van der Waals surface area contributed by atoms with Gasteiger partial charge < -0.3 is 10.2 Å². The van der Waals surface area contributed by atoms with Crippen LogP contribution in [0, 0.1) is 0 Å². The smallest absolute Gasteiger partial charge is 0.265 e. The zero-order chi connectivity index (χ0) is 10.7. The van der Waals surface area contributed by atoms with E-state index in [1.165, 1.54) is 11.3 Å². The van der Waals surface area contributed by atoms with Crippen LogP contribution in [0.5, 0.6) is 0 Å². The van der Waals surface area contributed by atoms with Gasteiger partial charge in [-0.3, -0.25) is 4.79 Å². The van der Waals surface area contributed by atoms with Crippen LogP contribution in [0.15, 0.2) is 5.51 Å². The van der Waals surface area contributed by atoms with E-state index in [0.717, 1.165) is 43.2 Å². The molecule has 0 unspecified atom stereocenters. The second-order valence-electron chi connectivity index (χ2n) is 3.52. The molecule has 16 heavy (non-hydrogen) atoms. The maximum atomic E-state index is 12.1. The van der Waals surface area contributed by atoms with Crippen LogP contribution in [0.25, 0.3) is 0 Å². The molecule has 6 heteroatoms. The van der Waals surface area contributed by atoms with E-state index in [1.807, 2.05) is 11.8 Å². The summed E-state index contributed by atoms with van der Waals surface area (Å²) in [6.45, 7) is 5.43. The van der Waals surface area contributed by atoms with Crippen LogP contribution in [0.3, 0.4) is 0 Å². The highest BCUT2D eigenvalue weighted by Gasteiger charge is 2.21. The Balaban J connectivity index is 0.00000128. The highest BCUT2D eigenvalue weighted by molar-refractivity contribution is 7.11. The summed E-state index contributed by atoms with van der Waals surface area (Å²) < 4.78 is 0. The molecule has 1 aromatic heterocycles. The third-order valence-electron chi connectivity index (χ3n) is 2.57. The molecule has 1 saturated heterocycles. The molecule has 1 aliphatic rings. The Kier molecular flexibility index (Phi) is 5.18. The Morgan fingerprint density at radius 3 is 2.88 bits per heavy atom. The minimum absolute atomic E-state index is 0. The summed E-state index contributed by atoms with van der Waals surface area (Å²) in [5.41, 5.74) is 2.69. The second kappa shape index (κ2) is 6.18. The molecule has 1 fully saturated rings. The number of rotatable bonds is 2. The van der Waals surface area contributed by atoms with Crippen molar-refractivity contribution in [1.29, 1.82) is 0 Å². The lowest BCUT2D eigenvalue weighted by molar-refractivity contribution is 0.0739. The van der Waals surface area contributed by atoms with Crippen LogP contribution in [0.1, 0.15) is 22.3 Å². The third-order valence-corrected chi connectivity index (χ3v) is 3.43. The summed E-state index contributed by atoms with van der Waals surface area (Å²) in [5, 5.41) is 3.24. The van der Waals surface area contributed by atoms with Crippen LogP contribution >= 0.6 is 23.7 Å². The lowest BCUT2D eigenvalue weighted by Crippen LogP contribution is -2.46. The van der Waals surface area contributed by atoms with E-state index < -0.39 is 0 Å². The number of halogens is 1. The van der Waals surface area contributed by atoms with E-state index in [4.69, 9.17) is 0 Å². The number of hydrogen-bond donors (Lipinski definition) is 1. The van der Waals surface area contributed by atoms with Gasteiger partial charge in [-0.25, -0.2) is 4.98 Å². The molecule has 0 aliphatic carbocycles. The number of aromatic nitrogens is 1. The fraction of sp³-hybridized carbons (Fsp3) is 0.600. The zero-order valence-electron chi connectivity index (χ0n) is 9.23. The van der Waals surface area contributed by atoms with Crippen molar-refractivity contribution in [3.63, 3.8) is 0 Å². The zero-order valence-corrected chi connectivity index (χ0v) is 10.9. The predicted molar refractivity (Wildman–Crippen MR) is 67.5 cm³/mol. The lowest BCUT2D eigenvalue weighted by atomic mass is 10.2. The predicted octanol–water partition coefficient (Wildman–Crippen LogP) is 1.17. The second-order valence-corrected chi connectivity index (χ2v) is 4.38. The van der Waals surface area contributed by atoms with Crippen molar-refractivity contribution < 1.29 is 4.79 Å². The number of amides is 1. The third kappa shape index (κ3) is 2.72. The molecule has 2 heterocycles. The number of carbonyl (C=O) groups excluding carboxylic acids is 1. The molecule has 2 rings (SSSR count). The molecule has 4 nitrogen and oxygen atoms in total. The van der Waals surface area contributed by atoms with Gasteiger partial charge >= 0.3 is 0 Å². The Morgan fingerprint density at radius 2 is 2.25 bits per heavy atom. The normalized spacial score (nSPS) is 15.7. The van der Waals surface area contributed by atoms with Crippen molar-refractivity contribution in [3.05, 3.63) is 16.1 Å². The fourth-order valence-corrected chi connectivity index (χ4v) is 2.55. The Labute approximate surface area is 105 Å². The van der Waals surface area contributed by atoms with Gasteiger partial charge in [-0.2, -0.15) is 0 Å². The minimum Gasteiger partial charge on any atom is -0.335 e. The molecule has 0 saturated carbocycles. The number of hydrogen-bond acceptors (Lipinski definition) is 4. The summed E-state index contributed by atoms with van der Waals surface area (Å²) in [4.78, 5) is 19.0. The van der Waals surface area contributed by atoms with Gasteiger partial charge in [0, 0.05) is 26.2 Å².